The van der Waals surface area contributed by atoms with Crippen LogP contribution in [-0.2, 0) is 0 Å². The average molecular weight is 230 g/mol. The van der Waals surface area contributed by atoms with Crippen LogP contribution < -0.4 is 4.90 Å². The van der Waals surface area contributed by atoms with Crippen LogP contribution in [0.15, 0.2) is 18.2 Å². The van der Waals surface area contributed by atoms with E-state index in [1.54, 1.807) is 0 Å². The fourth-order valence-electron chi connectivity index (χ4n) is 2.45. The molecule has 0 amide bonds. The quantitative estimate of drug-likeness (QED) is 0.846. The highest BCUT2D eigenvalue weighted by molar-refractivity contribution is 5.60. The summed E-state index contributed by atoms with van der Waals surface area (Å²) in [6, 6.07) is 8.25. The predicted octanol–water partition coefficient (Wildman–Crippen LogP) is 2.08. The Morgan fingerprint density at radius 2 is 2.35 bits per heavy atom. The number of aliphatic hydroxyl groups is 1. The van der Waals surface area contributed by atoms with Crippen LogP contribution in [0.5, 0.6) is 0 Å². The van der Waals surface area contributed by atoms with Crippen molar-refractivity contribution in [1.29, 1.82) is 5.26 Å². The van der Waals surface area contributed by atoms with Crippen LogP contribution in [0, 0.1) is 24.2 Å². The number of rotatable bonds is 2. The van der Waals surface area contributed by atoms with Gasteiger partial charge in [0.25, 0.3) is 0 Å². The lowest BCUT2D eigenvalue weighted by atomic mass is 9.97. The van der Waals surface area contributed by atoms with Gasteiger partial charge < -0.3 is 10.0 Å². The van der Waals surface area contributed by atoms with Gasteiger partial charge in [-0.25, -0.2) is 0 Å². The molecule has 1 N–H and O–H groups in total. The smallest absolute Gasteiger partial charge is 0.101 e. The molecule has 17 heavy (non-hydrogen) atoms. The van der Waals surface area contributed by atoms with E-state index in [1.165, 1.54) is 0 Å². The van der Waals surface area contributed by atoms with Crippen molar-refractivity contribution < 1.29 is 5.11 Å². The SMILES string of the molecule is Cc1ccc(N2CCCC(CO)C2)c(C#N)c1. The second-order valence-electron chi connectivity index (χ2n) is 4.77. The molecule has 1 heterocycles. The molecule has 0 aromatic heterocycles. The van der Waals surface area contributed by atoms with Gasteiger partial charge in [0.15, 0.2) is 0 Å². The number of piperidine rings is 1. The van der Waals surface area contributed by atoms with Crippen LogP contribution >= 0.6 is 0 Å². The van der Waals surface area contributed by atoms with Gasteiger partial charge in [0.05, 0.1) is 11.3 Å². The van der Waals surface area contributed by atoms with Gasteiger partial charge in [0.1, 0.15) is 6.07 Å². The first-order valence-electron chi connectivity index (χ1n) is 6.11. The summed E-state index contributed by atoms with van der Waals surface area (Å²) in [5, 5.41) is 18.4. The van der Waals surface area contributed by atoms with Crippen LogP contribution in [0.3, 0.4) is 0 Å². The third-order valence-electron chi connectivity index (χ3n) is 3.39. The van der Waals surface area contributed by atoms with Crippen LogP contribution in [0.2, 0.25) is 0 Å². The van der Waals surface area contributed by atoms with Gasteiger partial charge in [-0.2, -0.15) is 5.26 Å². The zero-order chi connectivity index (χ0) is 12.3. The molecule has 90 valence electrons. The van der Waals surface area contributed by atoms with Crippen molar-refractivity contribution in [2.24, 2.45) is 5.92 Å². The molecular weight excluding hydrogens is 212 g/mol. The topological polar surface area (TPSA) is 47.3 Å². The van der Waals surface area contributed by atoms with Crippen molar-refractivity contribution in [1.82, 2.24) is 0 Å². The fourth-order valence-corrected chi connectivity index (χ4v) is 2.45. The molecular formula is C14H18N2O. The van der Waals surface area contributed by atoms with E-state index in [1.807, 2.05) is 25.1 Å². The van der Waals surface area contributed by atoms with Gasteiger partial charge in [-0.1, -0.05) is 6.07 Å². The molecule has 0 radical (unpaired) electrons. The molecule has 0 aliphatic carbocycles. The van der Waals surface area contributed by atoms with E-state index < -0.39 is 0 Å². The van der Waals surface area contributed by atoms with E-state index in [2.05, 4.69) is 11.0 Å². The van der Waals surface area contributed by atoms with Crippen LogP contribution in [0.25, 0.3) is 0 Å². The normalized spacial score (nSPS) is 20.1. The average Bonchev–Trinajstić information content (AvgIpc) is 2.38. The van der Waals surface area contributed by atoms with Gasteiger partial charge in [-0.15, -0.1) is 0 Å². The van der Waals surface area contributed by atoms with Crippen molar-refractivity contribution in [2.45, 2.75) is 19.8 Å². The molecule has 1 fully saturated rings. The van der Waals surface area contributed by atoms with E-state index >= 15 is 0 Å². The molecule has 0 saturated carbocycles. The van der Waals surface area contributed by atoms with Gasteiger partial charge in [-0.3, -0.25) is 0 Å². The number of nitrogens with zero attached hydrogens (tertiary/aromatic N) is 2. The minimum atomic E-state index is 0.240. The minimum Gasteiger partial charge on any atom is -0.396 e. The lowest BCUT2D eigenvalue weighted by molar-refractivity contribution is 0.208. The van der Waals surface area contributed by atoms with Crippen LogP contribution in [0.1, 0.15) is 24.0 Å². The number of benzene rings is 1. The van der Waals surface area contributed by atoms with Crippen molar-refractivity contribution in [3.8, 4) is 6.07 Å². The Kier molecular flexibility index (Phi) is 3.65. The Labute approximate surface area is 102 Å². The summed E-state index contributed by atoms with van der Waals surface area (Å²) in [5.74, 6) is 0.344. The number of aliphatic hydroxyl groups excluding tert-OH is 1. The third-order valence-corrected chi connectivity index (χ3v) is 3.39. The first kappa shape index (κ1) is 11.9. The largest absolute Gasteiger partial charge is 0.396 e. The highest BCUT2D eigenvalue weighted by atomic mass is 16.3. The zero-order valence-electron chi connectivity index (χ0n) is 10.2. The van der Waals surface area contributed by atoms with Gasteiger partial charge in [0, 0.05) is 19.7 Å². The highest BCUT2D eigenvalue weighted by Gasteiger charge is 2.21. The Hall–Kier alpha value is -1.53. The molecule has 1 aromatic carbocycles. The summed E-state index contributed by atoms with van der Waals surface area (Å²) >= 11 is 0. The summed E-state index contributed by atoms with van der Waals surface area (Å²) < 4.78 is 0. The Bertz CT molecular complexity index is 436. The number of hydrogen-bond donors (Lipinski definition) is 1. The van der Waals surface area contributed by atoms with E-state index in [4.69, 9.17) is 0 Å². The number of nitriles is 1. The van der Waals surface area contributed by atoms with Crippen molar-refractivity contribution >= 4 is 5.69 Å². The number of aryl methyl sites for hydroxylation is 1. The predicted molar refractivity (Wildman–Crippen MR) is 67.9 cm³/mol. The van der Waals surface area contributed by atoms with Gasteiger partial charge >= 0.3 is 0 Å². The van der Waals surface area contributed by atoms with Gasteiger partial charge in [0.2, 0.25) is 0 Å². The molecule has 1 aliphatic heterocycles. The van der Waals surface area contributed by atoms with Gasteiger partial charge in [-0.05, 0) is 43.4 Å². The Morgan fingerprint density at radius 1 is 1.53 bits per heavy atom. The molecule has 1 aliphatic rings. The van der Waals surface area contributed by atoms with Crippen molar-refractivity contribution in [3.05, 3.63) is 29.3 Å². The molecule has 1 unspecified atom stereocenters. The Balaban J connectivity index is 2.24. The summed E-state index contributed by atoms with van der Waals surface area (Å²) in [6.07, 6.45) is 2.17. The maximum atomic E-state index is 9.23. The molecule has 1 aromatic rings. The van der Waals surface area contributed by atoms with Crippen LogP contribution in [0.4, 0.5) is 5.69 Å². The van der Waals surface area contributed by atoms with E-state index in [9.17, 15) is 10.4 Å². The lowest BCUT2D eigenvalue weighted by Gasteiger charge is -2.34. The summed E-state index contributed by atoms with van der Waals surface area (Å²) in [6.45, 7) is 4.07. The summed E-state index contributed by atoms with van der Waals surface area (Å²) in [5.41, 5.74) is 2.86. The molecule has 0 spiro atoms. The maximum Gasteiger partial charge on any atom is 0.101 e. The van der Waals surface area contributed by atoms with Crippen molar-refractivity contribution in [3.63, 3.8) is 0 Å². The summed E-state index contributed by atoms with van der Waals surface area (Å²) in [7, 11) is 0. The maximum absolute atomic E-state index is 9.23. The standard InChI is InChI=1S/C14H18N2O/c1-11-4-5-14(13(7-11)8-15)16-6-2-3-12(9-16)10-17/h4-5,7,12,17H,2-3,6,9-10H2,1H3. The second-order valence-corrected chi connectivity index (χ2v) is 4.77. The Morgan fingerprint density at radius 3 is 3.06 bits per heavy atom. The monoisotopic (exact) mass is 230 g/mol. The third kappa shape index (κ3) is 2.59. The molecule has 1 saturated heterocycles. The van der Waals surface area contributed by atoms with Crippen LogP contribution in [-0.4, -0.2) is 24.8 Å². The molecule has 2 rings (SSSR count). The number of hydrogen-bond acceptors (Lipinski definition) is 3. The number of anilines is 1. The molecule has 0 bridgehead atoms. The fraction of sp³-hybridized carbons (Fsp3) is 0.500. The molecule has 3 nitrogen and oxygen atoms in total. The van der Waals surface area contributed by atoms with E-state index in [-0.39, 0.29) is 6.61 Å². The summed E-state index contributed by atoms with van der Waals surface area (Å²) in [4.78, 5) is 2.22. The zero-order valence-corrected chi connectivity index (χ0v) is 10.2. The highest BCUT2D eigenvalue weighted by Crippen LogP contribution is 2.26. The minimum absolute atomic E-state index is 0.240. The first-order chi connectivity index (χ1) is 8.24. The van der Waals surface area contributed by atoms with Crippen molar-refractivity contribution in [2.75, 3.05) is 24.6 Å². The van der Waals surface area contributed by atoms with E-state index in [0.717, 1.165) is 42.7 Å². The second kappa shape index (κ2) is 5.20. The molecule has 3 heteroatoms. The first-order valence-corrected chi connectivity index (χ1v) is 6.11. The van der Waals surface area contributed by atoms with E-state index in [0.29, 0.717) is 5.92 Å². The molecule has 1 atom stereocenters. The lowest BCUT2D eigenvalue weighted by Crippen LogP contribution is -2.37.